The van der Waals surface area contributed by atoms with Crippen molar-refractivity contribution in [1.82, 2.24) is 4.90 Å². The average molecular weight is 202 g/mol. The highest BCUT2D eigenvalue weighted by Crippen LogP contribution is 2.17. The van der Waals surface area contributed by atoms with E-state index in [0.29, 0.717) is 6.04 Å². The van der Waals surface area contributed by atoms with Crippen LogP contribution >= 0.6 is 11.6 Å². The lowest BCUT2D eigenvalue weighted by Crippen LogP contribution is -2.36. The van der Waals surface area contributed by atoms with Gasteiger partial charge in [0, 0.05) is 18.5 Å². The van der Waals surface area contributed by atoms with Gasteiger partial charge in [-0.15, -0.1) is 11.6 Å². The molecule has 0 radical (unpaired) electrons. The van der Waals surface area contributed by atoms with Gasteiger partial charge >= 0.3 is 0 Å². The number of allylic oxidation sites excluding steroid dienone is 1. The van der Waals surface area contributed by atoms with Gasteiger partial charge in [0.15, 0.2) is 0 Å². The summed E-state index contributed by atoms with van der Waals surface area (Å²) in [7, 11) is 0. The molecule has 0 amide bonds. The number of alkyl halides is 1. The molecule has 0 aromatic rings. The molecule has 1 aliphatic rings. The van der Waals surface area contributed by atoms with E-state index in [2.05, 4.69) is 24.0 Å². The third-order valence-corrected chi connectivity index (χ3v) is 3.11. The van der Waals surface area contributed by atoms with Crippen molar-refractivity contribution in [3.8, 4) is 0 Å². The molecule has 1 saturated heterocycles. The van der Waals surface area contributed by atoms with Crippen LogP contribution in [0.3, 0.4) is 0 Å². The molecule has 0 aliphatic carbocycles. The number of halogens is 1. The highest BCUT2D eigenvalue weighted by atomic mass is 35.5. The quantitative estimate of drug-likeness (QED) is 0.501. The van der Waals surface area contributed by atoms with Crippen molar-refractivity contribution in [2.24, 2.45) is 0 Å². The lowest BCUT2D eigenvalue weighted by Gasteiger charge is -2.26. The maximum Gasteiger partial charge on any atom is 0.0379 e. The number of likely N-dealkylation sites (tertiary alicyclic amines) is 1. The Labute approximate surface area is 86.8 Å². The summed E-state index contributed by atoms with van der Waals surface area (Å²) in [4.78, 5) is 2.51. The van der Waals surface area contributed by atoms with Gasteiger partial charge in [0.1, 0.15) is 0 Å². The Kier molecular flexibility index (Phi) is 5.49. The third-order valence-electron chi connectivity index (χ3n) is 2.75. The molecular weight excluding hydrogens is 182 g/mol. The van der Waals surface area contributed by atoms with Gasteiger partial charge in [0.2, 0.25) is 0 Å². The summed E-state index contributed by atoms with van der Waals surface area (Å²) in [6.07, 6.45) is 9.69. The minimum atomic E-state index is 0.611. The molecule has 0 aromatic carbocycles. The van der Waals surface area contributed by atoms with E-state index in [9.17, 15) is 0 Å². The summed E-state index contributed by atoms with van der Waals surface area (Å²) < 4.78 is 0. The van der Waals surface area contributed by atoms with Crippen LogP contribution < -0.4 is 0 Å². The zero-order valence-electron chi connectivity index (χ0n) is 8.51. The summed E-state index contributed by atoms with van der Waals surface area (Å²) in [5.74, 6) is 0.789. The average Bonchev–Trinajstić information content (AvgIpc) is 2.39. The molecule has 2 heteroatoms. The zero-order chi connectivity index (χ0) is 9.52. The fourth-order valence-electron chi connectivity index (χ4n) is 1.89. The van der Waals surface area contributed by atoms with Gasteiger partial charge in [0.05, 0.1) is 0 Å². The predicted octanol–water partition coefficient (Wildman–Crippen LogP) is 3.05. The van der Waals surface area contributed by atoms with Gasteiger partial charge < -0.3 is 0 Å². The van der Waals surface area contributed by atoms with Crippen molar-refractivity contribution in [1.29, 1.82) is 0 Å². The Balaban J connectivity index is 2.43. The van der Waals surface area contributed by atoms with E-state index in [4.69, 9.17) is 11.6 Å². The molecule has 1 nitrogen and oxygen atoms in total. The van der Waals surface area contributed by atoms with Crippen LogP contribution in [0.1, 0.15) is 32.6 Å². The number of nitrogens with zero attached hydrogens (tertiary/aromatic N) is 1. The van der Waals surface area contributed by atoms with Crippen LogP contribution in [-0.2, 0) is 0 Å². The van der Waals surface area contributed by atoms with Crippen molar-refractivity contribution in [2.75, 3.05) is 19.0 Å². The Morgan fingerprint density at radius 2 is 2.23 bits per heavy atom. The van der Waals surface area contributed by atoms with Gasteiger partial charge in [-0.05, 0) is 26.3 Å². The van der Waals surface area contributed by atoms with Gasteiger partial charge in [-0.1, -0.05) is 25.0 Å². The Morgan fingerprint density at radius 3 is 2.92 bits per heavy atom. The number of hydrogen-bond acceptors (Lipinski definition) is 1. The van der Waals surface area contributed by atoms with Crippen LogP contribution in [0.2, 0.25) is 0 Å². The second-order valence-electron chi connectivity index (χ2n) is 3.72. The molecule has 0 aromatic heterocycles. The summed E-state index contributed by atoms with van der Waals surface area (Å²) in [6.45, 7) is 4.38. The highest BCUT2D eigenvalue weighted by molar-refractivity contribution is 6.18. The lowest BCUT2D eigenvalue weighted by atomic mass is 10.1. The van der Waals surface area contributed by atoms with E-state index < -0.39 is 0 Å². The van der Waals surface area contributed by atoms with Crippen LogP contribution in [-0.4, -0.2) is 29.9 Å². The maximum absolute atomic E-state index is 5.96. The van der Waals surface area contributed by atoms with Crippen molar-refractivity contribution in [3.63, 3.8) is 0 Å². The largest absolute Gasteiger partial charge is 0.296 e. The molecular formula is C11H20ClN. The molecule has 0 spiro atoms. The SMILES string of the molecule is C/C=C/CN1CCCCCC1CCl. The van der Waals surface area contributed by atoms with Gasteiger partial charge in [0.25, 0.3) is 0 Å². The molecule has 0 N–H and O–H groups in total. The molecule has 0 bridgehead atoms. The Bertz CT molecular complexity index is 156. The van der Waals surface area contributed by atoms with E-state index in [1.807, 2.05) is 0 Å². The van der Waals surface area contributed by atoms with Crippen LogP contribution in [0.5, 0.6) is 0 Å². The second-order valence-corrected chi connectivity index (χ2v) is 4.03. The van der Waals surface area contributed by atoms with Crippen molar-refractivity contribution >= 4 is 11.6 Å². The maximum atomic E-state index is 5.96. The van der Waals surface area contributed by atoms with Crippen molar-refractivity contribution < 1.29 is 0 Å². The van der Waals surface area contributed by atoms with Gasteiger partial charge in [-0.25, -0.2) is 0 Å². The third kappa shape index (κ3) is 3.70. The summed E-state index contributed by atoms with van der Waals surface area (Å²) in [5, 5.41) is 0. The van der Waals surface area contributed by atoms with E-state index in [1.165, 1.54) is 32.2 Å². The smallest absolute Gasteiger partial charge is 0.0379 e. The van der Waals surface area contributed by atoms with Gasteiger partial charge in [-0.2, -0.15) is 0 Å². The minimum absolute atomic E-state index is 0.611. The predicted molar refractivity (Wildman–Crippen MR) is 59.4 cm³/mol. The topological polar surface area (TPSA) is 3.24 Å². The first-order valence-electron chi connectivity index (χ1n) is 5.29. The monoisotopic (exact) mass is 201 g/mol. The molecule has 13 heavy (non-hydrogen) atoms. The summed E-state index contributed by atoms with van der Waals surface area (Å²) in [5.41, 5.74) is 0. The molecule has 0 saturated carbocycles. The molecule has 1 atom stereocenters. The fourth-order valence-corrected chi connectivity index (χ4v) is 2.24. The molecule has 1 heterocycles. The Hall–Kier alpha value is -0.0100. The molecule has 76 valence electrons. The van der Waals surface area contributed by atoms with Crippen LogP contribution in [0.25, 0.3) is 0 Å². The van der Waals surface area contributed by atoms with E-state index >= 15 is 0 Å². The first-order chi connectivity index (χ1) is 6.38. The van der Waals surface area contributed by atoms with Crippen molar-refractivity contribution in [3.05, 3.63) is 12.2 Å². The van der Waals surface area contributed by atoms with Crippen LogP contribution in [0.15, 0.2) is 12.2 Å². The highest BCUT2D eigenvalue weighted by Gasteiger charge is 2.18. The number of rotatable bonds is 3. The fraction of sp³-hybridized carbons (Fsp3) is 0.818. The second kappa shape index (κ2) is 6.44. The molecule has 1 fully saturated rings. The molecule has 1 rings (SSSR count). The standard InChI is InChI=1S/C11H20ClN/c1-2-3-8-13-9-6-4-5-7-11(13)10-12/h2-3,11H,4-10H2,1H3/b3-2+. The van der Waals surface area contributed by atoms with E-state index in [0.717, 1.165) is 12.4 Å². The Morgan fingerprint density at radius 1 is 1.38 bits per heavy atom. The molecule has 1 unspecified atom stereocenters. The zero-order valence-corrected chi connectivity index (χ0v) is 9.26. The minimum Gasteiger partial charge on any atom is -0.296 e. The van der Waals surface area contributed by atoms with Crippen molar-refractivity contribution in [2.45, 2.75) is 38.6 Å². The van der Waals surface area contributed by atoms with Gasteiger partial charge in [-0.3, -0.25) is 4.90 Å². The van der Waals surface area contributed by atoms with E-state index in [-0.39, 0.29) is 0 Å². The first-order valence-corrected chi connectivity index (χ1v) is 5.83. The first kappa shape index (κ1) is 11.1. The summed E-state index contributed by atoms with van der Waals surface area (Å²) >= 11 is 5.96. The van der Waals surface area contributed by atoms with Crippen LogP contribution in [0.4, 0.5) is 0 Å². The normalized spacial score (nSPS) is 26.5. The lowest BCUT2D eigenvalue weighted by molar-refractivity contribution is 0.239. The number of hydrogen-bond donors (Lipinski definition) is 0. The van der Waals surface area contributed by atoms with E-state index in [1.54, 1.807) is 0 Å². The molecule has 1 aliphatic heterocycles. The summed E-state index contributed by atoms with van der Waals surface area (Å²) in [6, 6.07) is 0.611. The van der Waals surface area contributed by atoms with Crippen LogP contribution in [0, 0.1) is 0 Å².